The first kappa shape index (κ1) is 14.3. The molecular weight excluding hydrogens is 253 g/mol. The van der Waals surface area contributed by atoms with Gasteiger partial charge in [0.25, 0.3) is 0 Å². The second kappa shape index (κ2) is 5.92. The van der Waals surface area contributed by atoms with Gasteiger partial charge in [-0.05, 0) is 37.1 Å². The van der Waals surface area contributed by atoms with Gasteiger partial charge in [0.1, 0.15) is 0 Å². The Labute approximate surface area is 111 Å². The average molecular weight is 272 g/mol. The molecule has 0 saturated carbocycles. The SMILES string of the molecule is CC1CNCCC1NCc1cccc(C(F)(F)F)c1. The maximum absolute atomic E-state index is 12.6. The normalized spacial score (nSPS) is 24.4. The van der Waals surface area contributed by atoms with Gasteiger partial charge in [-0.1, -0.05) is 25.1 Å². The van der Waals surface area contributed by atoms with E-state index in [4.69, 9.17) is 0 Å². The number of rotatable bonds is 3. The Bertz CT molecular complexity index is 417. The van der Waals surface area contributed by atoms with E-state index in [1.807, 2.05) is 0 Å². The zero-order valence-electron chi connectivity index (χ0n) is 10.9. The fourth-order valence-corrected chi connectivity index (χ4v) is 2.42. The standard InChI is InChI=1S/C14H19F3N2/c1-10-8-18-6-5-13(10)19-9-11-3-2-4-12(7-11)14(15,16)17/h2-4,7,10,13,18-19H,5-6,8-9H2,1H3. The Hall–Kier alpha value is -1.07. The monoisotopic (exact) mass is 272 g/mol. The lowest BCUT2D eigenvalue weighted by atomic mass is 9.95. The van der Waals surface area contributed by atoms with Crippen molar-refractivity contribution in [1.82, 2.24) is 10.6 Å². The Morgan fingerprint density at radius 3 is 2.84 bits per heavy atom. The molecule has 0 spiro atoms. The Kier molecular flexibility index (Phi) is 4.47. The van der Waals surface area contributed by atoms with Gasteiger partial charge >= 0.3 is 6.18 Å². The zero-order chi connectivity index (χ0) is 13.9. The van der Waals surface area contributed by atoms with Crippen LogP contribution in [0.1, 0.15) is 24.5 Å². The molecular formula is C14H19F3N2. The Morgan fingerprint density at radius 1 is 1.37 bits per heavy atom. The zero-order valence-corrected chi connectivity index (χ0v) is 10.9. The van der Waals surface area contributed by atoms with Crippen LogP contribution in [-0.2, 0) is 12.7 Å². The topological polar surface area (TPSA) is 24.1 Å². The van der Waals surface area contributed by atoms with Crippen molar-refractivity contribution in [2.75, 3.05) is 13.1 Å². The van der Waals surface area contributed by atoms with Crippen LogP contribution >= 0.6 is 0 Å². The molecule has 1 aromatic carbocycles. The minimum absolute atomic E-state index is 0.371. The first-order chi connectivity index (χ1) is 8.97. The van der Waals surface area contributed by atoms with Crippen LogP contribution in [0.3, 0.4) is 0 Å². The second-order valence-electron chi connectivity index (χ2n) is 5.16. The van der Waals surface area contributed by atoms with Gasteiger partial charge in [-0.2, -0.15) is 13.2 Å². The maximum Gasteiger partial charge on any atom is 0.416 e. The molecule has 0 aliphatic carbocycles. The fraction of sp³-hybridized carbons (Fsp3) is 0.571. The number of hydrogen-bond acceptors (Lipinski definition) is 2. The number of alkyl halides is 3. The third-order valence-corrected chi connectivity index (χ3v) is 3.61. The maximum atomic E-state index is 12.6. The number of piperidine rings is 1. The molecule has 19 heavy (non-hydrogen) atoms. The summed E-state index contributed by atoms with van der Waals surface area (Å²) >= 11 is 0. The molecule has 1 aliphatic heterocycles. The highest BCUT2D eigenvalue weighted by molar-refractivity contribution is 5.25. The van der Waals surface area contributed by atoms with Crippen molar-refractivity contribution >= 4 is 0 Å². The molecule has 2 atom stereocenters. The van der Waals surface area contributed by atoms with Crippen LogP contribution in [0, 0.1) is 5.92 Å². The van der Waals surface area contributed by atoms with E-state index in [0.29, 0.717) is 24.1 Å². The number of benzene rings is 1. The summed E-state index contributed by atoms with van der Waals surface area (Å²) in [6, 6.07) is 5.89. The summed E-state index contributed by atoms with van der Waals surface area (Å²) in [4.78, 5) is 0. The molecule has 2 unspecified atom stereocenters. The summed E-state index contributed by atoms with van der Waals surface area (Å²) in [6.07, 6.45) is -3.25. The van der Waals surface area contributed by atoms with Crippen molar-refractivity contribution in [1.29, 1.82) is 0 Å². The summed E-state index contributed by atoms with van der Waals surface area (Å²) in [5, 5.41) is 6.66. The van der Waals surface area contributed by atoms with Crippen LogP contribution < -0.4 is 10.6 Å². The van der Waals surface area contributed by atoms with Crippen LogP contribution in [0.15, 0.2) is 24.3 Å². The van der Waals surface area contributed by atoms with E-state index in [1.165, 1.54) is 12.1 Å². The van der Waals surface area contributed by atoms with E-state index in [0.717, 1.165) is 25.6 Å². The van der Waals surface area contributed by atoms with Crippen LogP contribution in [-0.4, -0.2) is 19.1 Å². The Balaban J connectivity index is 1.96. The van der Waals surface area contributed by atoms with E-state index in [1.54, 1.807) is 6.07 Å². The smallest absolute Gasteiger partial charge is 0.316 e. The molecule has 1 heterocycles. The summed E-state index contributed by atoms with van der Waals surface area (Å²) in [5.41, 5.74) is 0.103. The summed E-state index contributed by atoms with van der Waals surface area (Å²) < 4.78 is 37.8. The van der Waals surface area contributed by atoms with Crippen LogP contribution in [0.2, 0.25) is 0 Å². The molecule has 1 fully saturated rings. The number of hydrogen-bond donors (Lipinski definition) is 2. The lowest BCUT2D eigenvalue weighted by molar-refractivity contribution is -0.137. The van der Waals surface area contributed by atoms with Gasteiger partial charge in [0, 0.05) is 12.6 Å². The molecule has 2 N–H and O–H groups in total. The highest BCUT2D eigenvalue weighted by atomic mass is 19.4. The van der Waals surface area contributed by atoms with E-state index >= 15 is 0 Å². The van der Waals surface area contributed by atoms with Crippen molar-refractivity contribution < 1.29 is 13.2 Å². The van der Waals surface area contributed by atoms with Crippen LogP contribution in [0.5, 0.6) is 0 Å². The molecule has 0 amide bonds. The summed E-state index contributed by atoms with van der Waals surface area (Å²) in [7, 11) is 0. The largest absolute Gasteiger partial charge is 0.416 e. The third kappa shape index (κ3) is 3.94. The van der Waals surface area contributed by atoms with Gasteiger partial charge in [-0.3, -0.25) is 0 Å². The van der Waals surface area contributed by atoms with Gasteiger partial charge in [0.05, 0.1) is 5.56 Å². The third-order valence-electron chi connectivity index (χ3n) is 3.61. The molecule has 106 valence electrons. The molecule has 1 aliphatic rings. The van der Waals surface area contributed by atoms with Gasteiger partial charge < -0.3 is 10.6 Å². The van der Waals surface area contributed by atoms with Crippen molar-refractivity contribution in [3.63, 3.8) is 0 Å². The molecule has 0 aromatic heterocycles. The van der Waals surface area contributed by atoms with Gasteiger partial charge in [0.15, 0.2) is 0 Å². The van der Waals surface area contributed by atoms with E-state index < -0.39 is 11.7 Å². The predicted octanol–water partition coefficient (Wildman–Crippen LogP) is 2.79. The highest BCUT2D eigenvalue weighted by Crippen LogP contribution is 2.29. The number of nitrogens with one attached hydrogen (secondary N) is 2. The van der Waals surface area contributed by atoms with E-state index in [9.17, 15) is 13.2 Å². The highest BCUT2D eigenvalue weighted by Gasteiger charge is 2.30. The van der Waals surface area contributed by atoms with Gasteiger partial charge in [-0.15, -0.1) is 0 Å². The second-order valence-corrected chi connectivity index (χ2v) is 5.16. The van der Waals surface area contributed by atoms with Crippen molar-refractivity contribution in [3.05, 3.63) is 35.4 Å². The van der Waals surface area contributed by atoms with Crippen LogP contribution in [0.25, 0.3) is 0 Å². The minimum Gasteiger partial charge on any atom is -0.316 e. The quantitative estimate of drug-likeness (QED) is 0.884. The lowest BCUT2D eigenvalue weighted by Crippen LogP contribution is -2.46. The Morgan fingerprint density at radius 2 is 2.16 bits per heavy atom. The molecule has 5 heteroatoms. The summed E-state index contributed by atoms with van der Waals surface area (Å²) in [5.74, 6) is 0.500. The number of halogens is 3. The van der Waals surface area contributed by atoms with E-state index in [-0.39, 0.29) is 0 Å². The van der Waals surface area contributed by atoms with Crippen molar-refractivity contribution in [2.24, 2.45) is 5.92 Å². The lowest BCUT2D eigenvalue weighted by Gasteiger charge is -2.30. The predicted molar refractivity (Wildman–Crippen MR) is 68.7 cm³/mol. The first-order valence-corrected chi connectivity index (χ1v) is 6.57. The van der Waals surface area contributed by atoms with Crippen LogP contribution in [0.4, 0.5) is 13.2 Å². The fourth-order valence-electron chi connectivity index (χ4n) is 2.42. The molecule has 1 aromatic rings. The van der Waals surface area contributed by atoms with E-state index in [2.05, 4.69) is 17.6 Å². The minimum atomic E-state index is -4.27. The van der Waals surface area contributed by atoms with Gasteiger partial charge in [-0.25, -0.2) is 0 Å². The van der Waals surface area contributed by atoms with Crippen molar-refractivity contribution in [2.45, 2.75) is 32.1 Å². The molecule has 0 radical (unpaired) electrons. The molecule has 1 saturated heterocycles. The molecule has 0 bridgehead atoms. The van der Waals surface area contributed by atoms with Gasteiger partial charge in [0.2, 0.25) is 0 Å². The average Bonchev–Trinajstić information content (AvgIpc) is 2.37. The molecule has 2 nitrogen and oxygen atoms in total. The van der Waals surface area contributed by atoms with Crippen molar-refractivity contribution in [3.8, 4) is 0 Å². The molecule has 2 rings (SSSR count). The summed E-state index contributed by atoms with van der Waals surface area (Å²) in [6.45, 7) is 4.56. The first-order valence-electron chi connectivity index (χ1n) is 6.57.